The third kappa shape index (κ3) is 21.2. The van der Waals surface area contributed by atoms with Gasteiger partial charge in [-0.1, -0.05) is 182 Å². The fourth-order valence-electron chi connectivity index (χ4n) is 9.97. The number of amides is 4. The minimum atomic E-state index is -1.17. The van der Waals surface area contributed by atoms with E-state index in [2.05, 4.69) is 58.9 Å². The van der Waals surface area contributed by atoms with E-state index in [4.69, 9.17) is 95.4 Å². The molecule has 19 nitrogen and oxygen atoms in total. The second kappa shape index (κ2) is 36.4. The molecule has 0 aromatic heterocycles. The highest BCUT2D eigenvalue weighted by atomic mass is 35.5. The number of aryl methyl sites for hydroxylation is 4. The van der Waals surface area contributed by atoms with Crippen molar-refractivity contribution in [3.8, 4) is 17.2 Å². The lowest BCUT2D eigenvalue weighted by Gasteiger charge is -2.19. The number of halogens is 7. The van der Waals surface area contributed by atoms with E-state index in [0.717, 1.165) is 52.2 Å². The molecule has 9 rings (SSSR count). The molecule has 0 aliphatic carbocycles. The summed E-state index contributed by atoms with van der Waals surface area (Å²) in [6.45, 7) is 9.74. The Kier molecular flexibility index (Phi) is 28.0. The normalized spacial score (nSPS) is 15.3. The van der Waals surface area contributed by atoms with Crippen molar-refractivity contribution in [1.82, 2.24) is 10.9 Å². The first-order chi connectivity index (χ1) is 46.2. The molecular weight excluding hydrogens is 1370 g/mol. The Labute approximate surface area is 593 Å². The van der Waals surface area contributed by atoms with Gasteiger partial charge in [-0.05, 0) is 148 Å². The van der Waals surface area contributed by atoms with Gasteiger partial charge in [0.1, 0.15) is 28.6 Å². The molecule has 0 saturated carbocycles. The average molecular weight is 1440 g/mol. The molecule has 0 radical (unpaired) electrons. The fourth-order valence-corrected chi connectivity index (χ4v) is 12.1. The first-order valence-electron chi connectivity index (χ1n) is 31.2. The molecule has 7 aromatic carbocycles. The number of methoxy groups -OCH3 is 1. The van der Waals surface area contributed by atoms with Gasteiger partial charge in [0, 0.05) is 33.9 Å². The SMILES string of the molecule is CCCCCCCCCCCCCC(=O)Nc1ccc(Cl)c(N=C2NN(c3c(Cl)cc(Cl)cc3Cl)C(=O)C2N=Nc2ccc(C)c(C)c2)c1.COc1ccc(N=NC2C(=O)N(c3c(Cl)cc(Cl)cc3Cl)NC2=NCOc2cccc(OCC(=O)Nc3ccc(C)cc3C)c2)cc1. The zero-order valence-corrected chi connectivity index (χ0v) is 59.1. The highest BCUT2D eigenvalue weighted by Crippen LogP contribution is 2.40. The van der Waals surface area contributed by atoms with E-state index in [-0.39, 0.29) is 68.3 Å². The molecule has 0 spiro atoms. The second-order valence-corrected chi connectivity index (χ2v) is 25.6. The number of aliphatic imine (C=N–C) groups is 2. The van der Waals surface area contributed by atoms with Gasteiger partial charge in [-0.2, -0.15) is 20.5 Å². The van der Waals surface area contributed by atoms with Crippen LogP contribution in [0.3, 0.4) is 0 Å². The van der Waals surface area contributed by atoms with Crippen LogP contribution in [0, 0.1) is 27.7 Å². The highest BCUT2D eigenvalue weighted by Gasteiger charge is 2.42. The minimum absolute atomic E-state index is 0.0794. The van der Waals surface area contributed by atoms with Crippen LogP contribution in [0.15, 0.2) is 158 Å². The third-order valence-corrected chi connectivity index (χ3v) is 17.1. The predicted octanol–water partition coefficient (Wildman–Crippen LogP) is 20.0. The maximum atomic E-state index is 13.8. The van der Waals surface area contributed by atoms with Gasteiger partial charge < -0.3 is 24.8 Å². The molecule has 7 aromatic rings. The van der Waals surface area contributed by atoms with Crippen molar-refractivity contribution in [3.63, 3.8) is 0 Å². The van der Waals surface area contributed by atoms with E-state index < -0.39 is 23.9 Å². The summed E-state index contributed by atoms with van der Waals surface area (Å²) < 4.78 is 16.7. The number of carbonyl (C=O) groups is 4. The third-order valence-electron chi connectivity index (χ3n) is 15.2. The summed E-state index contributed by atoms with van der Waals surface area (Å²) >= 11 is 44.5. The Hall–Kier alpha value is -8.01. The number of benzene rings is 7. The number of hydrazine groups is 2. The number of nitrogens with zero attached hydrogens (tertiary/aromatic N) is 8. The van der Waals surface area contributed by atoms with Crippen LogP contribution in [0.5, 0.6) is 17.2 Å². The molecule has 4 N–H and O–H groups in total. The Morgan fingerprint density at radius 3 is 1.66 bits per heavy atom. The number of amidine groups is 2. The van der Waals surface area contributed by atoms with Crippen LogP contribution >= 0.6 is 81.2 Å². The summed E-state index contributed by atoms with van der Waals surface area (Å²) in [5.74, 6) is 0.362. The van der Waals surface area contributed by atoms with E-state index in [0.29, 0.717) is 61.5 Å². The van der Waals surface area contributed by atoms with E-state index in [1.54, 1.807) is 73.8 Å². The lowest BCUT2D eigenvalue weighted by atomic mass is 10.1. The zero-order chi connectivity index (χ0) is 68.8. The van der Waals surface area contributed by atoms with E-state index >= 15 is 0 Å². The number of anilines is 4. The van der Waals surface area contributed by atoms with Crippen LogP contribution in [0.1, 0.15) is 106 Å². The summed E-state index contributed by atoms with van der Waals surface area (Å²) in [5.41, 5.74) is 13.2. The van der Waals surface area contributed by atoms with Crippen molar-refractivity contribution < 1.29 is 33.4 Å². The number of azo groups is 2. The van der Waals surface area contributed by atoms with Crippen molar-refractivity contribution in [2.45, 2.75) is 124 Å². The van der Waals surface area contributed by atoms with Gasteiger partial charge in [0.2, 0.25) is 18.0 Å². The Bertz CT molecular complexity index is 4000. The molecule has 504 valence electrons. The number of carbonyl (C=O) groups excluding carboxylic acids is 4. The smallest absolute Gasteiger partial charge is 0.280 e. The number of unbranched alkanes of at least 4 members (excludes halogenated alkanes) is 10. The molecule has 2 fully saturated rings. The lowest BCUT2D eigenvalue weighted by molar-refractivity contribution is -0.118. The summed E-state index contributed by atoms with van der Waals surface area (Å²) in [6.07, 6.45) is 13.8. The van der Waals surface area contributed by atoms with Gasteiger partial charge in [-0.15, -0.1) is 0 Å². The van der Waals surface area contributed by atoms with Crippen molar-refractivity contribution in [2.24, 2.45) is 30.4 Å². The largest absolute Gasteiger partial charge is 0.497 e. The Balaban J connectivity index is 0.000000246. The van der Waals surface area contributed by atoms with Gasteiger partial charge in [0.25, 0.3) is 17.7 Å². The molecular formula is C70H73Cl7N12O7. The molecule has 0 bridgehead atoms. The molecule has 96 heavy (non-hydrogen) atoms. The van der Waals surface area contributed by atoms with E-state index in [1.165, 1.54) is 80.6 Å². The molecule has 2 unspecified atom stereocenters. The van der Waals surface area contributed by atoms with Gasteiger partial charge >= 0.3 is 0 Å². The van der Waals surface area contributed by atoms with Gasteiger partial charge in [-0.25, -0.2) is 20.0 Å². The van der Waals surface area contributed by atoms with Crippen LogP contribution < -0.4 is 45.7 Å². The average Bonchev–Trinajstić information content (AvgIpc) is 1.61. The second-order valence-electron chi connectivity index (χ2n) is 22.7. The van der Waals surface area contributed by atoms with Crippen LogP contribution in [0.25, 0.3) is 0 Å². The monoisotopic (exact) mass is 1440 g/mol. The first-order valence-corrected chi connectivity index (χ1v) is 33.8. The highest BCUT2D eigenvalue weighted by molar-refractivity contribution is 6.44. The quantitative estimate of drug-likeness (QED) is 0.0270. The molecule has 2 atom stereocenters. The number of ether oxygens (including phenoxy) is 3. The Morgan fingerprint density at radius 1 is 0.521 bits per heavy atom. The van der Waals surface area contributed by atoms with Crippen molar-refractivity contribution in [3.05, 3.63) is 185 Å². The van der Waals surface area contributed by atoms with Crippen LogP contribution in [-0.2, 0) is 19.2 Å². The van der Waals surface area contributed by atoms with E-state index in [1.807, 2.05) is 64.1 Å². The minimum Gasteiger partial charge on any atom is -0.497 e. The van der Waals surface area contributed by atoms with Crippen molar-refractivity contribution >= 4 is 156 Å². The van der Waals surface area contributed by atoms with Gasteiger partial charge in [0.05, 0.1) is 49.3 Å². The topological polar surface area (TPSA) is 225 Å². The number of hydrogen-bond acceptors (Lipinski definition) is 13. The lowest BCUT2D eigenvalue weighted by Crippen LogP contribution is -2.36. The van der Waals surface area contributed by atoms with Crippen LogP contribution in [0.4, 0.5) is 39.8 Å². The maximum absolute atomic E-state index is 13.8. The van der Waals surface area contributed by atoms with Gasteiger partial charge in [-0.3, -0.25) is 30.0 Å². The summed E-state index contributed by atoms with van der Waals surface area (Å²) in [7, 11) is 1.56. The molecule has 26 heteroatoms. The number of rotatable bonds is 28. The standard InChI is InChI=1S/C37H44Cl4N6O2.C33H29Cl3N6O5/c1-4-5-6-7-8-9-10-11-12-13-14-15-33(48)42-27-18-19-29(39)32(23-27)43-36-34(45-44-28-17-16-24(2)25(3)20-28)37(49)47(46-36)35-30(40)21-26(38)22-31(35)41;1-19-7-12-28(20(2)13-19)38-29(43)17-46-24-5-4-6-25(16-24)47-18-37-32-30(40-39-22-8-10-23(45-3)11-9-22)33(44)42(41-32)31-26(35)14-21(34)15-27(31)36/h16-23,34H,4-15H2,1-3H3,(H,42,48)(H,43,46);4-16,30H,17-18H2,1-3H3,(H,37,41)(H,38,43). The zero-order valence-electron chi connectivity index (χ0n) is 53.8. The summed E-state index contributed by atoms with van der Waals surface area (Å²) in [5, 5.41) is 26.9. The summed E-state index contributed by atoms with van der Waals surface area (Å²) in [4.78, 5) is 61.7. The molecule has 2 aliphatic rings. The first kappa shape index (κ1) is 73.8. The maximum Gasteiger partial charge on any atom is 0.280 e. The molecule has 2 aliphatic heterocycles. The molecule has 2 heterocycles. The van der Waals surface area contributed by atoms with Crippen LogP contribution in [0.2, 0.25) is 35.2 Å². The fraction of sp³-hybridized carbons (Fsp3) is 0.314. The Morgan fingerprint density at radius 2 is 1.07 bits per heavy atom. The molecule has 2 saturated heterocycles. The summed E-state index contributed by atoms with van der Waals surface area (Å²) in [6, 6.07) is 33.6. The predicted molar refractivity (Wildman–Crippen MR) is 387 cm³/mol. The van der Waals surface area contributed by atoms with E-state index in [9.17, 15) is 19.2 Å². The number of hydrogen-bond donors (Lipinski definition) is 4. The van der Waals surface area contributed by atoms with Crippen LogP contribution in [-0.4, -0.2) is 67.8 Å². The molecule has 4 amide bonds. The van der Waals surface area contributed by atoms with Gasteiger partial charge in [0.15, 0.2) is 25.0 Å². The number of nitrogens with one attached hydrogen (secondary N) is 4. The van der Waals surface area contributed by atoms with Crippen molar-refractivity contribution in [1.29, 1.82) is 0 Å². The van der Waals surface area contributed by atoms with Crippen molar-refractivity contribution in [2.75, 3.05) is 41.1 Å².